The predicted molar refractivity (Wildman–Crippen MR) is 72.6 cm³/mol. The summed E-state index contributed by atoms with van der Waals surface area (Å²) in [5, 5.41) is 12.2. The lowest BCUT2D eigenvalue weighted by Crippen LogP contribution is -2.00. The summed E-state index contributed by atoms with van der Waals surface area (Å²) >= 11 is 0. The van der Waals surface area contributed by atoms with Crippen LogP contribution in [-0.4, -0.2) is 4.98 Å². The van der Waals surface area contributed by atoms with Crippen LogP contribution in [0.5, 0.6) is 0 Å². The number of rotatable bonds is 2. The van der Waals surface area contributed by atoms with Crippen molar-refractivity contribution < 1.29 is 0 Å². The summed E-state index contributed by atoms with van der Waals surface area (Å²) in [6.07, 6.45) is 1.54. The van der Waals surface area contributed by atoms with E-state index < -0.39 is 0 Å². The van der Waals surface area contributed by atoms with Gasteiger partial charge in [0.1, 0.15) is 11.9 Å². The Morgan fingerprint density at radius 1 is 1.33 bits per heavy atom. The van der Waals surface area contributed by atoms with Crippen molar-refractivity contribution in [3.8, 4) is 6.07 Å². The molecule has 1 aromatic carbocycles. The maximum Gasteiger partial charge on any atom is 0.148 e. The summed E-state index contributed by atoms with van der Waals surface area (Å²) in [6, 6.07) is 9.67. The molecule has 4 heteroatoms. The third-order valence-electron chi connectivity index (χ3n) is 2.89. The number of hydrogen-bond donors (Lipinski definition) is 2. The van der Waals surface area contributed by atoms with E-state index in [9.17, 15) is 0 Å². The van der Waals surface area contributed by atoms with Gasteiger partial charge in [-0.25, -0.2) is 4.98 Å². The standard InChI is InChI=1S/C14H14N4/c1-9-4-3-5-13(10(9)2)18-14-11(7-15)6-12(16)8-17-14/h3-6,8H,16H2,1-2H3,(H,17,18). The Morgan fingerprint density at radius 3 is 2.83 bits per heavy atom. The number of nitrogens with one attached hydrogen (secondary N) is 1. The highest BCUT2D eigenvalue weighted by Gasteiger charge is 2.07. The van der Waals surface area contributed by atoms with E-state index in [1.54, 1.807) is 6.07 Å². The SMILES string of the molecule is Cc1cccc(Nc2ncc(N)cc2C#N)c1C. The van der Waals surface area contributed by atoms with Crippen molar-refractivity contribution in [2.24, 2.45) is 0 Å². The number of benzene rings is 1. The molecule has 0 saturated heterocycles. The van der Waals surface area contributed by atoms with Crippen molar-refractivity contribution in [2.45, 2.75) is 13.8 Å². The summed E-state index contributed by atoms with van der Waals surface area (Å²) in [4.78, 5) is 4.16. The molecule has 0 atom stereocenters. The fraction of sp³-hybridized carbons (Fsp3) is 0.143. The molecule has 0 aliphatic heterocycles. The fourth-order valence-electron chi connectivity index (χ4n) is 1.68. The van der Waals surface area contributed by atoms with Gasteiger partial charge >= 0.3 is 0 Å². The minimum absolute atomic E-state index is 0.441. The van der Waals surface area contributed by atoms with E-state index in [2.05, 4.69) is 16.4 Å². The van der Waals surface area contributed by atoms with Crippen LogP contribution in [0.25, 0.3) is 0 Å². The molecule has 4 nitrogen and oxygen atoms in total. The molecular formula is C14H14N4. The number of hydrogen-bond acceptors (Lipinski definition) is 4. The largest absolute Gasteiger partial charge is 0.397 e. The monoisotopic (exact) mass is 238 g/mol. The molecule has 1 aromatic heterocycles. The molecule has 18 heavy (non-hydrogen) atoms. The molecule has 0 fully saturated rings. The number of pyridine rings is 1. The molecule has 3 N–H and O–H groups in total. The Morgan fingerprint density at radius 2 is 2.11 bits per heavy atom. The number of anilines is 3. The maximum absolute atomic E-state index is 9.06. The van der Waals surface area contributed by atoms with Crippen LogP contribution in [0, 0.1) is 25.2 Å². The highest BCUT2D eigenvalue weighted by atomic mass is 15.0. The zero-order valence-electron chi connectivity index (χ0n) is 10.4. The maximum atomic E-state index is 9.06. The molecule has 0 radical (unpaired) electrons. The Bertz CT molecular complexity index is 626. The van der Waals surface area contributed by atoms with E-state index in [1.165, 1.54) is 11.8 Å². The average molecular weight is 238 g/mol. The van der Waals surface area contributed by atoms with E-state index in [-0.39, 0.29) is 0 Å². The second-order valence-electron chi connectivity index (χ2n) is 4.15. The zero-order valence-corrected chi connectivity index (χ0v) is 10.4. The van der Waals surface area contributed by atoms with Crippen LogP contribution in [0.3, 0.4) is 0 Å². The second kappa shape index (κ2) is 4.76. The van der Waals surface area contributed by atoms with Crippen LogP contribution in [0.2, 0.25) is 0 Å². The molecule has 0 amide bonds. The normalized spacial score (nSPS) is 9.83. The van der Waals surface area contributed by atoms with Crippen LogP contribution >= 0.6 is 0 Å². The molecule has 0 saturated carbocycles. The van der Waals surface area contributed by atoms with Gasteiger partial charge in [-0.2, -0.15) is 5.26 Å². The van der Waals surface area contributed by atoms with Crippen LogP contribution in [-0.2, 0) is 0 Å². The first-order valence-electron chi connectivity index (χ1n) is 5.60. The second-order valence-corrected chi connectivity index (χ2v) is 4.15. The van der Waals surface area contributed by atoms with Gasteiger partial charge in [-0.15, -0.1) is 0 Å². The van der Waals surface area contributed by atoms with Gasteiger partial charge < -0.3 is 11.1 Å². The van der Waals surface area contributed by atoms with E-state index in [4.69, 9.17) is 11.0 Å². The lowest BCUT2D eigenvalue weighted by Gasteiger charge is -2.11. The number of aryl methyl sites for hydroxylation is 1. The van der Waals surface area contributed by atoms with Gasteiger partial charge in [0.15, 0.2) is 0 Å². The van der Waals surface area contributed by atoms with Gasteiger partial charge in [0.25, 0.3) is 0 Å². The van der Waals surface area contributed by atoms with E-state index in [0.29, 0.717) is 17.1 Å². The summed E-state index contributed by atoms with van der Waals surface area (Å²) in [6.45, 7) is 4.07. The summed E-state index contributed by atoms with van der Waals surface area (Å²) < 4.78 is 0. The van der Waals surface area contributed by atoms with Crippen molar-refractivity contribution in [3.63, 3.8) is 0 Å². The predicted octanol–water partition coefficient (Wildman–Crippen LogP) is 2.90. The smallest absolute Gasteiger partial charge is 0.148 e. The van der Waals surface area contributed by atoms with Crippen molar-refractivity contribution in [2.75, 3.05) is 11.1 Å². The number of aromatic nitrogens is 1. The minimum Gasteiger partial charge on any atom is -0.397 e. The lowest BCUT2D eigenvalue weighted by atomic mass is 10.1. The summed E-state index contributed by atoms with van der Waals surface area (Å²) in [5.41, 5.74) is 9.81. The van der Waals surface area contributed by atoms with E-state index in [1.807, 2.05) is 32.0 Å². The van der Waals surface area contributed by atoms with E-state index >= 15 is 0 Å². The molecule has 2 aromatic rings. The van der Waals surface area contributed by atoms with Gasteiger partial charge in [0, 0.05) is 5.69 Å². The third-order valence-corrected chi connectivity index (χ3v) is 2.89. The number of nitrogens with zero attached hydrogens (tertiary/aromatic N) is 2. The highest BCUT2D eigenvalue weighted by Crippen LogP contribution is 2.24. The molecule has 2 rings (SSSR count). The summed E-state index contributed by atoms with van der Waals surface area (Å²) in [7, 11) is 0. The average Bonchev–Trinajstić information content (AvgIpc) is 2.37. The van der Waals surface area contributed by atoms with Crippen LogP contribution in [0.1, 0.15) is 16.7 Å². The van der Waals surface area contributed by atoms with E-state index in [0.717, 1.165) is 11.3 Å². The lowest BCUT2D eigenvalue weighted by molar-refractivity contribution is 1.26. The first kappa shape index (κ1) is 11.9. The Kier molecular flexibility index (Phi) is 3.16. The van der Waals surface area contributed by atoms with Crippen molar-refractivity contribution >= 4 is 17.2 Å². The van der Waals surface area contributed by atoms with Gasteiger partial charge in [-0.3, -0.25) is 0 Å². The molecule has 0 spiro atoms. The number of nitrogens with two attached hydrogens (primary N) is 1. The molecule has 90 valence electrons. The van der Waals surface area contributed by atoms with Crippen molar-refractivity contribution in [3.05, 3.63) is 47.2 Å². The van der Waals surface area contributed by atoms with Crippen LogP contribution in [0.15, 0.2) is 30.5 Å². The highest BCUT2D eigenvalue weighted by molar-refractivity contribution is 5.67. The Labute approximate surface area is 106 Å². The van der Waals surface area contributed by atoms with Crippen molar-refractivity contribution in [1.82, 2.24) is 4.98 Å². The minimum atomic E-state index is 0.441. The molecular weight excluding hydrogens is 224 g/mol. The van der Waals surface area contributed by atoms with Gasteiger partial charge in [0.05, 0.1) is 17.4 Å². The molecule has 1 heterocycles. The number of nitrogen functional groups attached to an aromatic ring is 1. The fourth-order valence-corrected chi connectivity index (χ4v) is 1.68. The summed E-state index contributed by atoms with van der Waals surface area (Å²) in [5.74, 6) is 0.528. The van der Waals surface area contributed by atoms with Crippen molar-refractivity contribution in [1.29, 1.82) is 5.26 Å². The first-order valence-corrected chi connectivity index (χ1v) is 5.60. The van der Waals surface area contributed by atoms with Gasteiger partial charge in [-0.05, 0) is 37.1 Å². The quantitative estimate of drug-likeness (QED) is 0.843. The molecule has 0 unspecified atom stereocenters. The van der Waals surface area contributed by atoms with Crippen LogP contribution < -0.4 is 11.1 Å². The Hall–Kier alpha value is -2.54. The van der Waals surface area contributed by atoms with Gasteiger partial charge in [-0.1, -0.05) is 12.1 Å². The third kappa shape index (κ3) is 2.25. The molecule has 0 bridgehead atoms. The number of nitriles is 1. The van der Waals surface area contributed by atoms with Gasteiger partial charge in [0.2, 0.25) is 0 Å². The first-order chi connectivity index (χ1) is 8.61. The molecule has 0 aliphatic carbocycles. The zero-order chi connectivity index (χ0) is 13.1. The molecule has 0 aliphatic rings. The topological polar surface area (TPSA) is 74.7 Å². The Balaban J connectivity index is 2.41. The van der Waals surface area contributed by atoms with Crippen LogP contribution in [0.4, 0.5) is 17.2 Å².